The molecule has 1 amide bonds. The Bertz CT molecular complexity index is 1060. The van der Waals surface area contributed by atoms with Crippen molar-refractivity contribution in [2.24, 2.45) is 0 Å². The summed E-state index contributed by atoms with van der Waals surface area (Å²) >= 11 is 5.82. The lowest BCUT2D eigenvalue weighted by Gasteiger charge is -2.10. The highest BCUT2D eigenvalue weighted by Crippen LogP contribution is 2.29. The van der Waals surface area contributed by atoms with E-state index in [9.17, 15) is 22.8 Å². The maximum atomic E-state index is 12.7. The lowest BCUT2D eigenvalue weighted by molar-refractivity contribution is -0.137. The van der Waals surface area contributed by atoms with Gasteiger partial charge in [0.2, 0.25) is 0 Å². The Hall–Kier alpha value is -3.06. The van der Waals surface area contributed by atoms with E-state index >= 15 is 0 Å². The molecule has 0 fully saturated rings. The van der Waals surface area contributed by atoms with Crippen molar-refractivity contribution in [2.45, 2.75) is 19.3 Å². The highest BCUT2D eigenvalue weighted by atomic mass is 35.5. The molecule has 1 heterocycles. The Morgan fingerprint density at radius 2 is 1.59 bits per heavy atom. The van der Waals surface area contributed by atoms with Gasteiger partial charge in [0.15, 0.2) is 0 Å². The highest BCUT2D eigenvalue weighted by molar-refractivity contribution is 6.30. The number of carbonyl (C=O) groups is 1. The fraction of sp³-hybridized carbons (Fsp3) is 0.143. The zero-order chi connectivity index (χ0) is 21.0. The van der Waals surface area contributed by atoms with Crippen molar-refractivity contribution in [1.29, 1.82) is 0 Å². The molecule has 0 saturated carbocycles. The molecule has 1 N–H and O–H groups in total. The number of rotatable bonds is 5. The normalized spacial score (nSPS) is 11.3. The molecule has 0 spiro atoms. The first-order valence-electron chi connectivity index (χ1n) is 8.62. The molecule has 0 saturated heterocycles. The van der Waals surface area contributed by atoms with Gasteiger partial charge in [-0.25, -0.2) is 0 Å². The largest absolute Gasteiger partial charge is 0.416 e. The molecular weight excluding hydrogens is 405 g/mol. The minimum atomic E-state index is -4.42. The van der Waals surface area contributed by atoms with Gasteiger partial charge in [0.25, 0.3) is 11.5 Å². The minimum Gasteiger partial charge on any atom is -0.348 e. The molecule has 29 heavy (non-hydrogen) atoms. The van der Waals surface area contributed by atoms with Crippen molar-refractivity contribution < 1.29 is 18.0 Å². The number of nitrogens with zero attached hydrogens (tertiary/aromatic N) is 1. The molecule has 0 aliphatic rings. The lowest BCUT2D eigenvalue weighted by atomic mass is 10.1. The van der Waals surface area contributed by atoms with Crippen molar-refractivity contribution in [3.8, 4) is 0 Å². The molecule has 0 radical (unpaired) electrons. The van der Waals surface area contributed by atoms with E-state index in [1.54, 1.807) is 30.3 Å². The van der Waals surface area contributed by atoms with Gasteiger partial charge >= 0.3 is 6.18 Å². The number of nitrogens with one attached hydrogen (secondary N) is 1. The number of pyridine rings is 1. The summed E-state index contributed by atoms with van der Waals surface area (Å²) in [5, 5.41) is 3.25. The van der Waals surface area contributed by atoms with Crippen molar-refractivity contribution in [3.05, 3.63) is 104 Å². The van der Waals surface area contributed by atoms with Crippen LogP contribution in [0.4, 0.5) is 13.2 Å². The van der Waals surface area contributed by atoms with E-state index in [1.807, 2.05) is 0 Å². The quantitative estimate of drug-likeness (QED) is 0.660. The van der Waals surface area contributed by atoms with Crippen molar-refractivity contribution in [1.82, 2.24) is 9.88 Å². The third-order valence-corrected chi connectivity index (χ3v) is 4.52. The number of hydrogen-bond acceptors (Lipinski definition) is 2. The van der Waals surface area contributed by atoms with Crippen LogP contribution in [0, 0.1) is 0 Å². The molecule has 0 atom stereocenters. The molecule has 0 aliphatic carbocycles. The molecule has 8 heteroatoms. The summed E-state index contributed by atoms with van der Waals surface area (Å²) in [6.45, 7) is 0.276. The topological polar surface area (TPSA) is 51.1 Å². The van der Waals surface area contributed by atoms with Gasteiger partial charge in [-0.15, -0.1) is 0 Å². The molecule has 3 rings (SSSR count). The SMILES string of the molecule is O=C(NCc1ccc(Cl)cc1)c1cccn(Cc2ccc(C(F)(F)F)cc2)c1=O. The van der Waals surface area contributed by atoms with E-state index in [0.29, 0.717) is 10.6 Å². The number of alkyl halides is 3. The first-order valence-corrected chi connectivity index (χ1v) is 9.00. The van der Waals surface area contributed by atoms with Crippen LogP contribution in [0.2, 0.25) is 5.02 Å². The van der Waals surface area contributed by atoms with Gasteiger partial charge in [-0.05, 0) is 47.5 Å². The zero-order valence-electron chi connectivity index (χ0n) is 15.0. The summed E-state index contributed by atoms with van der Waals surface area (Å²) < 4.78 is 39.3. The van der Waals surface area contributed by atoms with Crippen molar-refractivity contribution in [2.75, 3.05) is 0 Å². The third-order valence-electron chi connectivity index (χ3n) is 4.27. The van der Waals surface area contributed by atoms with E-state index in [0.717, 1.165) is 17.7 Å². The van der Waals surface area contributed by atoms with E-state index in [1.165, 1.54) is 29.0 Å². The summed E-state index contributed by atoms with van der Waals surface area (Å²) in [5.41, 5.74) is 0.000822. The number of aromatic nitrogens is 1. The molecule has 150 valence electrons. The van der Waals surface area contributed by atoms with Crippen LogP contribution in [0.1, 0.15) is 27.0 Å². The Balaban J connectivity index is 1.72. The summed E-state index contributed by atoms with van der Waals surface area (Å²) in [6, 6.07) is 14.4. The van der Waals surface area contributed by atoms with Crippen molar-refractivity contribution >= 4 is 17.5 Å². The van der Waals surface area contributed by atoms with Crippen LogP contribution in [0.25, 0.3) is 0 Å². The van der Waals surface area contributed by atoms with E-state index < -0.39 is 23.2 Å². The van der Waals surface area contributed by atoms with Crippen LogP contribution in [0.3, 0.4) is 0 Å². The fourth-order valence-corrected chi connectivity index (χ4v) is 2.84. The average Bonchev–Trinajstić information content (AvgIpc) is 2.68. The van der Waals surface area contributed by atoms with E-state index in [2.05, 4.69) is 5.32 Å². The number of amides is 1. The molecule has 4 nitrogen and oxygen atoms in total. The number of hydrogen-bond donors (Lipinski definition) is 1. The van der Waals surface area contributed by atoms with Gasteiger partial charge in [0, 0.05) is 17.8 Å². The van der Waals surface area contributed by atoms with Gasteiger partial charge in [0.05, 0.1) is 12.1 Å². The van der Waals surface area contributed by atoms with Crippen LogP contribution >= 0.6 is 11.6 Å². The molecule has 0 unspecified atom stereocenters. The van der Waals surface area contributed by atoms with Crippen LogP contribution in [-0.2, 0) is 19.3 Å². The van der Waals surface area contributed by atoms with E-state index in [-0.39, 0.29) is 18.7 Å². The van der Waals surface area contributed by atoms with Gasteiger partial charge in [0.1, 0.15) is 5.56 Å². The second-order valence-electron chi connectivity index (χ2n) is 6.36. The summed E-state index contributed by atoms with van der Waals surface area (Å²) in [7, 11) is 0. The van der Waals surface area contributed by atoms with Crippen molar-refractivity contribution in [3.63, 3.8) is 0 Å². The monoisotopic (exact) mass is 420 g/mol. The van der Waals surface area contributed by atoms with Gasteiger partial charge < -0.3 is 9.88 Å². The van der Waals surface area contributed by atoms with Gasteiger partial charge in [-0.2, -0.15) is 13.2 Å². The average molecular weight is 421 g/mol. The van der Waals surface area contributed by atoms with Gasteiger partial charge in [-0.1, -0.05) is 35.9 Å². The molecule has 0 bridgehead atoms. The molecule has 2 aromatic carbocycles. The lowest BCUT2D eigenvalue weighted by Crippen LogP contribution is -2.32. The van der Waals surface area contributed by atoms with Crippen LogP contribution in [0.15, 0.2) is 71.7 Å². The molecule has 0 aliphatic heterocycles. The van der Waals surface area contributed by atoms with Crippen LogP contribution in [0.5, 0.6) is 0 Å². The predicted octanol–water partition coefficient (Wildman–Crippen LogP) is 4.50. The zero-order valence-corrected chi connectivity index (χ0v) is 15.8. The van der Waals surface area contributed by atoms with Gasteiger partial charge in [-0.3, -0.25) is 9.59 Å². The standard InChI is InChI=1S/C21H16ClF3N2O2/c22-17-9-5-14(6-10-17)12-26-19(28)18-2-1-11-27(20(18)29)13-15-3-7-16(8-4-15)21(23,24)25/h1-11H,12-13H2,(H,26,28). The maximum absolute atomic E-state index is 12.7. The van der Waals surface area contributed by atoms with Crippen LogP contribution in [-0.4, -0.2) is 10.5 Å². The fourth-order valence-electron chi connectivity index (χ4n) is 2.71. The first-order chi connectivity index (χ1) is 13.7. The summed E-state index contributed by atoms with van der Waals surface area (Å²) in [5.74, 6) is -0.535. The predicted molar refractivity (Wildman–Crippen MR) is 104 cm³/mol. The molecule has 3 aromatic rings. The second-order valence-corrected chi connectivity index (χ2v) is 6.80. The summed E-state index contributed by atoms with van der Waals surface area (Å²) in [4.78, 5) is 25.0. The van der Waals surface area contributed by atoms with E-state index in [4.69, 9.17) is 11.6 Å². The maximum Gasteiger partial charge on any atom is 0.416 e. The molecular formula is C21H16ClF3N2O2. The smallest absolute Gasteiger partial charge is 0.348 e. The summed E-state index contributed by atoms with van der Waals surface area (Å²) in [6.07, 6.45) is -2.94. The number of halogens is 4. The first kappa shape index (κ1) is 20.7. The Morgan fingerprint density at radius 3 is 2.21 bits per heavy atom. The molecule has 1 aromatic heterocycles. The Kier molecular flexibility index (Phi) is 6.08. The second kappa shape index (κ2) is 8.53. The number of carbonyl (C=O) groups excluding carboxylic acids is 1. The Labute approximate surface area is 169 Å². The minimum absolute atomic E-state index is 0.0478. The third kappa shape index (κ3) is 5.26. The van der Waals surface area contributed by atoms with Crippen LogP contribution < -0.4 is 10.9 Å². The highest BCUT2D eigenvalue weighted by Gasteiger charge is 2.29. The Morgan fingerprint density at radius 1 is 0.966 bits per heavy atom. The number of benzene rings is 2.